The van der Waals surface area contributed by atoms with Crippen molar-refractivity contribution in [3.8, 4) is 17.1 Å². The van der Waals surface area contributed by atoms with Crippen LogP contribution in [0.3, 0.4) is 0 Å². The standard InChI is InChI=1S/C40H45N5O6/c1-44(2)34(46)25-45-32-23-28(14-18-31(32)36(27-9-5-4-6-10-27)37(45)29-15-19-33(51-3)41-24-29)38(49)43-40(21-7-8-22-40)39(50)42-30-16-11-26(12-17-30)13-20-35(47)48/h11-20,23-24,27H,4-10,21-22,25H2,1-3H3,(H,42,50)(H,43,49)(H,47,48). The molecule has 2 aromatic carbocycles. The maximum atomic E-state index is 14.1. The van der Waals surface area contributed by atoms with E-state index >= 15 is 0 Å². The number of methoxy groups -OCH3 is 1. The molecule has 11 nitrogen and oxygen atoms in total. The summed E-state index contributed by atoms with van der Waals surface area (Å²) in [6, 6.07) is 16.3. The lowest BCUT2D eigenvalue weighted by Gasteiger charge is -2.29. The Labute approximate surface area is 297 Å². The van der Waals surface area contributed by atoms with Crippen molar-refractivity contribution in [2.45, 2.75) is 75.8 Å². The predicted octanol–water partition coefficient (Wildman–Crippen LogP) is 6.63. The van der Waals surface area contributed by atoms with Crippen LogP contribution >= 0.6 is 0 Å². The van der Waals surface area contributed by atoms with Gasteiger partial charge in [-0.25, -0.2) is 9.78 Å². The van der Waals surface area contributed by atoms with Crippen LogP contribution in [-0.2, 0) is 20.9 Å². The number of nitrogens with zero attached hydrogens (tertiary/aromatic N) is 3. The minimum absolute atomic E-state index is 0.0767. The normalized spacial score (nSPS) is 15.9. The molecule has 2 aliphatic carbocycles. The maximum absolute atomic E-state index is 14.1. The van der Waals surface area contributed by atoms with Crippen LogP contribution in [0.1, 0.15) is 85.2 Å². The van der Waals surface area contributed by atoms with Crippen molar-refractivity contribution in [3.63, 3.8) is 0 Å². The van der Waals surface area contributed by atoms with Crippen LogP contribution in [0.25, 0.3) is 28.2 Å². The zero-order valence-electron chi connectivity index (χ0n) is 29.4. The number of ether oxygens (including phenoxy) is 1. The zero-order valence-corrected chi connectivity index (χ0v) is 29.4. The fourth-order valence-corrected chi connectivity index (χ4v) is 7.49. The Hall–Kier alpha value is -5.45. The van der Waals surface area contributed by atoms with Crippen molar-refractivity contribution >= 4 is 46.4 Å². The summed E-state index contributed by atoms with van der Waals surface area (Å²) in [4.78, 5) is 58.2. The number of hydrogen-bond donors (Lipinski definition) is 3. The molecule has 0 spiro atoms. The number of amides is 3. The van der Waals surface area contributed by atoms with Crippen LogP contribution in [-0.4, -0.2) is 70.0 Å². The van der Waals surface area contributed by atoms with Gasteiger partial charge in [0.25, 0.3) is 5.91 Å². The van der Waals surface area contributed by atoms with E-state index in [9.17, 15) is 19.2 Å². The van der Waals surface area contributed by atoms with E-state index in [-0.39, 0.29) is 24.3 Å². The van der Waals surface area contributed by atoms with E-state index in [0.29, 0.717) is 41.5 Å². The topological polar surface area (TPSA) is 143 Å². The van der Waals surface area contributed by atoms with Crippen molar-refractivity contribution in [1.29, 1.82) is 0 Å². The van der Waals surface area contributed by atoms with Gasteiger partial charge in [0.2, 0.25) is 17.7 Å². The maximum Gasteiger partial charge on any atom is 0.328 e. The number of rotatable bonds is 11. The highest BCUT2D eigenvalue weighted by Crippen LogP contribution is 2.44. The van der Waals surface area contributed by atoms with Crippen molar-refractivity contribution in [1.82, 2.24) is 19.8 Å². The fourth-order valence-electron chi connectivity index (χ4n) is 7.49. The predicted molar refractivity (Wildman–Crippen MR) is 197 cm³/mol. The summed E-state index contributed by atoms with van der Waals surface area (Å²) in [5.41, 5.74) is 4.30. The van der Waals surface area contributed by atoms with Crippen LogP contribution in [0.2, 0.25) is 0 Å². The first kappa shape index (κ1) is 35.4. The van der Waals surface area contributed by atoms with Crippen LogP contribution in [0, 0.1) is 0 Å². The lowest BCUT2D eigenvalue weighted by atomic mass is 9.82. The Balaban J connectivity index is 1.36. The third-order valence-corrected chi connectivity index (χ3v) is 10.2. The summed E-state index contributed by atoms with van der Waals surface area (Å²) < 4.78 is 7.36. The molecule has 2 heterocycles. The number of hydrogen-bond acceptors (Lipinski definition) is 6. The molecular formula is C40H45N5O6. The highest BCUT2D eigenvalue weighted by atomic mass is 16.5. The average Bonchev–Trinajstić information content (AvgIpc) is 3.74. The molecule has 0 atom stereocenters. The van der Waals surface area contributed by atoms with Gasteiger partial charge in [-0.05, 0) is 79.1 Å². The van der Waals surface area contributed by atoms with Crippen molar-refractivity contribution in [2.75, 3.05) is 26.5 Å². The van der Waals surface area contributed by atoms with Gasteiger partial charge in [0.05, 0.1) is 18.3 Å². The summed E-state index contributed by atoms with van der Waals surface area (Å²) in [6.45, 7) is 0.0832. The quantitative estimate of drug-likeness (QED) is 0.150. The minimum atomic E-state index is -1.09. The van der Waals surface area contributed by atoms with Crippen molar-refractivity contribution in [2.24, 2.45) is 0 Å². The van der Waals surface area contributed by atoms with E-state index in [1.807, 2.05) is 34.9 Å². The summed E-state index contributed by atoms with van der Waals surface area (Å²) >= 11 is 0. The Morgan fingerprint density at radius 1 is 0.980 bits per heavy atom. The molecule has 0 radical (unpaired) electrons. The average molecular weight is 692 g/mol. The molecule has 0 bridgehead atoms. The Morgan fingerprint density at radius 3 is 2.33 bits per heavy atom. The number of aromatic nitrogens is 2. The first-order chi connectivity index (χ1) is 24.6. The van der Waals surface area contributed by atoms with E-state index in [1.54, 1.807) is 56.6 Å². The second kappa shape index (κ2) is 15.2. The molecule has 2 aliphatic rings. The van der Waals surface area contributed by atoms with E-state index in [4.69, 9.17) is 9.84 Å². The van der Waals surface area contributed by atoms with Gasteiger partial charge in [-0.3, -0.25) is 14.4 Å². The Kier molecular flexibility index (Phi) is 10.5. The number of carbonyl (C=O) groups is 4. The zero-order chi connectivity index (χ0) is 36.1. The molecule has 0 aliphatic heterocycles. The number of carbonyl (C=O) groups excluding carboxylic acids is 3. The van der Waals surface area contributed by atoms with Crippen LogP contribution in [0.5, 0.6) is 5.88 Å². The molecule has 11 heteroatoms. The molecule has 2 aromatic heterocycles. The lowest BCUT2D eigenvalue weighted by Crippen LogP contribution is -2.55. The number of fused-ring (bicyclic) bond motifs is 1. The fraction of sp³-hybridized carbons (Fsp3) is 0.375. The number of carboxylic acids is 1. The largest absolute Gasteiger partial charge is 0.481 e. The summed E-state index contributed by atoms with van der Waals surface area (Å²) in [5, 5.41) is 16.0. The molecule has 4 aromatic rings. The monoisotopic (exact) mass is 691 g/mol. The van der Waals surface area contributed by atoms with Gasteiger partial charge in [-0.2, -0.15) is 0 Å². The smallest absolute Gasteiger partial charge is 0.328 e. The summed E-state index contributed by atoms with van der Waals surface area (Å²) in [7, 11) is 5.05. The SMILES string of the molecule is COc1ccc(-c2c(C3CCCCC3)c3ccc(C(=O)NC4(C(=O)Nc5ccc(C=CC(=O)O)cc5)CCCC4)cc3n2CC(=O)N(C)C)cn1. The molecule has 2 saturated carbocycles. The molecule has 2 fully saturated rings. The molecule has 3 amide bonds. The van der Waals surface area contributed by atoms with Gasteiger partial charge >= 0.3 is 5.97 Å². The molecule has 3 N–H and O–H groups in total. The van der Waals surface area contributed by atoms with Gasteiger partial charge in [-0.15, -0.1) is 0 Å². The van der Waals surface area contributed by atoms with Gasteiger partial charge < -0.3 is 29.9 Å². The minimum Gasteiger partial charge on any atom is -0.481 e. The number of anilines is 1. The number of likely N-dealkylation sites (N-methyl/N-ethyl adjacent to an activating group) is 1. The number of benzene rings is 2. The molecule has 266 valence electrons. The Bertz CT molecular complexity index is 1950. The second-order valence-corrected chi connectivity index (χ2v) is 13.8. The van der Waals surface area contributed by atoms with Gasteiger partial charge in [0, 0.05) is 54.6 Å². The second-order valence-electron chi connectivity index (χ2n) is 13.8. The summed E-state index contributed by atoms with van der Waals surface area (Å²) in [6.07, 6.45) is 12.4. The van der Waals surface area contributed by atoms with E-state index in [0.717, 1.165) is 66.8 Å². The van der Waals surface area contributed by atoms with E-state index in [2.05, 4.69) is 15.6 Å². The third kappa shape index (κ3) is 7.67. The van der Waals surface area contributed by atoms with Crippen LogP contribution in [0.15, 0.2) is 66.9 Å². The molecular weight excluding hydrogens is 646 g/mol. The lowest BCUT2D eigenvalue weighted by molar-refractivity contribution is -0.131. The number of nitrogens with one attached hydrogen (secondary N) is 2. The summed E-state index contributed by atoms with van der Waals surface area (Å²) in [5.74, 6) is -0.980. The number of pyridine rings is 1. The van der Waals surface area contributed by atoms with Gasteiger partial charge in [0.1, 0.15) is 12.1 Å². The van der Waals surface area contributed by atoms with E-state index < -0.39 is 11.5 Å². The third-order valence-electron chi connectivity index (χ3n) is 10.2. The molecule has 51 heavy (non-hydrogen) atoms. The first-order valence-electron chi connectivity index (χ1n) is 17.6. The van der Waals surface area contributed by atoms with E-state index in [1.165, 1.54) is 18.1 Å². The molecule has 0 saturated heterocycles. The van der Waals surface area contributed by atoms with Gasteiger partial charge in [0.15, 0.2) is 0 Å². The van der Waals surface area contributed by atoms with Crippen LogP contribution < -0.4 is 15.4 Å². The molecule has 6 rings (SSSR count). The van der Waals surface area contributed by atoms with Gasteiger partial charge in [-0.1, -0.05) is 50.3 Å². The van der Waals surface area contributed by atoms with Crippen molar-refractivity contribution in [3.05, 3.63) is 83.6 Å². The number of aliphatic carboxylic acids is 1. The Morgan fingerprint density at radius 2 is 1.71 bits per heavy atom. The highest BCUT2D eigenvalue weighted by Gasteiger charge is 2.43. The van der Waals surface area contributed by atoms with Crippen molar-refractivity contribution < 1.29 is 29.0 Å². The number of carboxylic acid groups (broad SMARTS) is 1. The van der Waals surface area contributed by atoms with Crippen LogP contribution in [0.4, 0.5) is 5.69 Å². The first-order valence-corrected chi connectivity index (χ1v) is 17.6. The highest BCUT2D eigenvalue weighted by molar-refractivity contribution is 6.06. The molecule has 0 unspecified atom stereocenters.